The number of hydrogen-bond acceptors (Lipinski definition) is 5. The van der Waals surface area contributed by atoms with Gasteiger partial charge in [0.15, 0.2) is 4.87 Å². The van der Waals surface area contributed by atoms with Crippen molar-refractivity contribution in [2.45, 2.75) is 16.3 Å². The number of ether oxygens (including phenoxy) is 1. The summed E-state index contributed by atoms with van der Waals surface area (Å²) in [5.74, 6) is 0.250. The van der Waals surface area contributed by atoms with Crippen molar-refractivity contribution in [1.82, 2.24) is 4.98 Å². The number of pyridine rings is 1. The number of hydrogen-bond donors (Lipinski definition) is 2. The molecule has 1 aromatic heterocycles. The lowest BCUT2D eigenvalue weighted by Gasteiger charge is -2.17. The number of carbonyl (C=O) groups excluding carboxylic acids is 1. The van der Waals surface area contributed by atoms with Gasteiger partial charge in [0, 0.05) is 12.0 Å². The second-order valence-electron chi connectivity index (χ2n) is 6.47. The standard InChI is InChI=1S/C21H19N3O2S/c1-26-15-9-7-13(8-10-15)16-11-18(14-5-3-2-4-6-14)24-19-17(16)12-21(23,27-19)20(22)25/h2-11H,12,23H2,1H3,(H2,22,25). The highest BCUT2D eigenvalue weighted by atomic mass is 32.2. The second-order valence-corrected chi connectivity index (χ2v) is 7.79. The van der Waals surface area contributed by atoms with E-state index >= 15 is 0 Å². The predicted octanol–water partition coefficient (Wildman–Crippen LogP) is 3.21. The van der Waals surface area contributed by atoms with Crippen LogP contribution in [0, 0.1) is 0 Å². The predicted molar refractivity (Wildman–Crippen MR) is 107 cm³/mol. The zero-order valence-corrected chi connectivity index (χ0v) is 15.6. The molecule has 0 aliphatic carbocycles. The lowest BCUT2D eigenvalue weighted by molar-refractivity contribution is -0.120. The molecule has 1 amide bonds. The van der Waals surface area contributed by atoms with Gasteiger partial charge in [-0.05, 0) is 34.9 Å². The highest BCUT2D eigenvalue weighted by Crippen LogP contribution is 2.46. The number of methoxy groups -OCH3 is 1. The Morgan fingerprint density at radius 2 is 1.81 bits per heavy atom. The van der Waals surface area contributed by atoms with Gasteiger partial charge in [-0.1, -0.05) is 54.2 Å². The van der Waals surface area contributed by atoms with Gasteiger partial charge in [-0.15, -0.1) is 0 Å². The first kappa shape index (κ1) is 17.6. The summed E-state index contributed by atoms with van der Waals surface area (Å²) in [4.78, 5) is 15.5. The minimum Gasteiger partial charge on any atom is -0.497 e. The zero-order chi connectivity index (χ0) is 19.0. The lowest BCUT2D eigenvalue weighted by atomic mass is 9.95. The highest BCUT2D eigenvalue weighted by molar-refractivity contribution is 8.01. The molecule has 1 unspecified atom stereocenters. The molecule has 0 fully saturated rings. The van der Waals surface area contributed by atoms with Crippen LogP contribution in [0.5, 0.6) is 5.75 Å². The monoisotopic (exact) mass is 377 g/mol. The van der Waals surface area contributed by atoms with Gasteiger partial charge in [0.2, 0.25) is 5.91 Å². The van der Waals surface area contributed by atoms with E-state index in [9.17, 15) is 4.79 Å². The van der Waals surface area contributed by atoms with Crippen molar-refractivity contribution in [3.05, 3.63) is 66.2 Å². The molecule has 1 aliphatic rings. The second kappa shape index (κ2) is 6.72. The third-order valence-corrected chi connectivity index (χ3v) is 5.93. The van der Waals surface area contributed by atoms with Crippen LogP contribution in [0.4, 0.5) is 0 Å². The Morgan fingerprint density at radius 1 is 1.11 bits per heavy atom. The fourth-order valence-corrected chi connectivity index (χ4v) is 4.31. The van der Waals surface area contributed by atoms with Crippen molar-refractivity contribution in [2.24, 2.45) is 11.5 Å². The summed E-state index contributed by atoms with van der Waals surface area (Å²) >= 11 is 1.24. The van der Waals surface area contributed by atoms with E-state index in [2.05, 4.69) is 0 Å². The molecule has 2 aromatic carbocycles. The molecule has 0 radical (unpaired) electrons. The van der Waals surface area contributed by atoms with Crippen molar-refractivity contribution in [2.75, 3.05) is 7.11 Å². The number of nitrogens with zero attached hydrogens (tertiary/aromatic N) is 1. The van der Waals surface area contributed by atoms with Gasteiger partial charge >= 0.3 is 0 Å². The number of primary amides is 1. The van der Waals surface area contributed by atoms with Crippen LogP contribution in [0.1, 0.15) is 5.56 Å². The van der Waals surface area contributed by atoms with E-state index in [1.807, 2.05) is 60.7 Å². The van der Waals surface area contributed by atoms with Gasteiger partial charge in [0.25, 0.3) is 0 Å². The molecular formula is C21H19N3O2S. The maximum atomic E-state index is 11.9. The molecule has 27 heavy (non-hydrogen) atoms. The van der Waals surface area contributed by atoms with Crippen molar-refractivity contribution >= 4 is 17.7 Å². The molecule has 3 aromatic rings. The molecule has 4 rings (SSSR count). The molecule has 136 valence electrons. The number of nitrogens with two attached hydrogens (primary N) is 2. The summed E-state index contributed by atoms with van der Waals surface area (Å²) in [6.07, 6.45) is 0.353. The fraction of sp³-hybridized carbons (Fsp3) is 0.143. The Kier molecular flexibility index (Phi) is 4.37. The van der Waals surface area contributed by atoms with Crippen molar-refractivity contribution in [1.29, 1.82) is 0 Å². The Hall–Kier alpha value is -2.83. The van der Waals surface area contributed by atoms with E-state index in [0.29, 0.717) is 6.42 Å². The Balaban J connectivity index is 1.89. The maximum absolute atomic E-state index is 11.9. The lowest BCUT2D eigenvalue weighted by Crippen LogP contribution is -2.48. The SMILES string of the molecule is COc1ccc(-c2cc(-c3ccccc3)nc3c2CC(N)(C(N)=O)S3)cc1. The number of aromatic nitrogens is 1. The summed E-state index contributed by atoms with van der Waals surface area (Å²) in [5.41, 5.74) is 16.6. The first-order valence-electron chi connectivity index (χ1n) is 8.52. The summed E-state index contributed by atoms with van der Waals surface area (Å²) in [7, 11) is 1.64. The smallest absolute Gasteiger partial charge is 0.248 e. The molecule has 5 nitrogen and oxygen atoms in total. The van der Waals surface area contributed by atoms with E-state index in [-0.39, 0.29) is 0 Å². The van der Waals surface area contributed by atoms with Gasteiger partial charge in [-0.3, -0.25) is 4.79 Å². The quantitative estimate of drug-likeness (QED) is 0.728. The van der Waals surface area contributed by atoms with E-state index in [1.165, 1.54) is 11.8 Å². The molecule has 1 atom stereocenters. The van der Waals surface area contributed by atoms with Gasteiger partial charge in [-0.2, -0.15) is 0 Å². The van der Waals surface area contributed by atoms with Gasteiger partial charge in [0.1, 0.15) is 10.8 Å². The highest BCUT2D eigenvalue weighted by Gasteiger charge is 2.42. The number of thioether (sulfide) groups is 1. The first-order valence-corrected chi connectivity index (χ1v) is 9.33. The maximum Gasteiger partial charge on any atom is 0.248 e. The van der Waals surface area contributed by atoms with Crippen LogP contribution in [0.25, 0.3) is 22.4 Å². The molecule has 2 heterocycles. The van der Waals surface area contributed by atoms with Crippen molar-refractivity contribution in [3.63, 3.8) is 0 Å². The van der Waals surface area contributed by atoms with Crippen LogP contribution in [-0.2, 0) is 11.2 Å². The van der Waals surface area contributed by atoms with Crippen LogP contribution in [0.15, 0.2) is 65.7 Å². The summed E-state index contributed by atoms with van der Waals surface area (Å²) in [5, 5.41) is 0.753. The summed E-state index contributed by atoms with van der Waals surface area (Å²) < 4.78 is 5.26. The zero-order valence-electron chi connectivity index (χ0n) is 14.8. The van der Waals surface area contributed by atoms with Crippen LogP contribution < -0.4 is 16.2 Å². The van der Waals surface area contributed by atoms with Gasteiger partial charge in [0.05, 0.1) is 12.8 Å². The minimum atomic E-state index is -1.17. The first-order chi connectivity index (χ1) is 13.0. The van der Waals surface area contributed by atoms with E-state index in [4.69, 9.17) is 21.2 Å². The molecule has 4 N–H and O–H groups in total. The van der Waals surface area contributed by atoms with Crippen molar-refractivity contribution in [3.8, 4) is 28.1 Å². The molecule has 0 bridgehead atoms. The van der Waals surface area contributed by atoms with Gasteiger partial charge in [-0.25, -0.2) is 4.98 Å². The molecule has 0 saturated heterocycles. The normalized spacial score (nSPS) is 18.1. The average molecular weight is 377 g/mol. The van der Waals surface area contributed by atoms with Gasteiger partial charge < -0.3 is 16.2 Å². The van der Waals surface area contributed by atoms with Crippen LogP contribution in [0.2, 0.25) is 0 Å². The largest absolute Gasteiger partial charge is 0.497 e. The average Bonchev–Trinajstić information content (AvgIpc) is 3.06. The number of carbonyl (C=O) groups is 1. The van der Waals surface area contributed by atoms with E-state index < -0.39 is 10.8 Å². The Bertz CT molecular complexity index is 1010. The molecule has 1 aliphatic heterocycles. The summed E-state index contributed by atoms with van der Waals surface area (Å²) in [6, 6.07) is 19.8. The fourth-order valence-electron chi connectivity index (χ4n) is 3.20. The van der Waals surface area contributed by atoms with Crippen LogP contribution in [0.3, 0.4) is 0 Å². The van der Waals surface area contributed by atoms with Crippen LogP contribution >= 0.6 is 11.8 Å². The molecular weight excluding hydrogens is 358 g/mol. The third-order valence-electron chi connectivity index (χ3n) is 4.69. The molecule has 0 saturated carbocycles. The number of benzene rings is 2. The molecule has 0 spiro atoms. The van der Waals surface area contributed by atoms with E-state index in [0.717, 1.165) is 38.7 Å². The minimum absolute atomic E-state index is 0.353. The topological polar surface area (TPSA) is 91.2 Å². The number of rotatable bonds is 4. The van der Waals surface area contributed by atoms with Crippen LogP contribution in [-0.4, -0.2) is 22.9 Å². The number of amides is 1. The van der Waals surface area contributed by atoms with Crippen molar-refractivity contribution < 1.29 is 9.53 Å². The third kappa shape index (κ3) is 3.18. The summed E-state index contributed by atoms with van der Waals surface area (Å²) in [6.45, 7) is 0. The number of fused-ring (bicyclic) bond motifs is 1. The molecule has 6 heteroatoms. The van der Waals surface area contributed by atoms with E-state index in [1.54, 1.807) is 7.11 Å². The Labute approximate surface area is 161 Å². The Morgan fingerprint density at radius 3 is 2.44 bits per heavy atom.